The summed E-state index contributed by atoms with van der Waals surface area (Å²) in [5.74, 6) is -4.18. The van der Waals surface area contributed by atoms with E-state index in [2.05, 4.69) is 0 Å². The van der Waals surface area contributed by atoms with Crippen molar-refractivity contribution in [2.75, 3.05) is 13.2 Å². The van der Waals surface area contributed by atoms with Crippen LogP contribution in [0, 0.1) is 29.3 Å². The third-order valence-corrected chi connectivity index (χ3v) is 2.86. The van der Waals surface area contributed by atoms with Gasteiger partial charge in [-0.05, 0) is 24.6 Å². The normalized spacial score (nSPS) is 12.6. The van der Waals surface area contributed by atoms with Gasteiger partial charge in [0.1, 0.15) is 5.82 Å². The molecule has 1 rings (SSSR count). The third kappa shape index (κ3) is 4.52. The highest BCUT2D eigenvalue weighted by Gasteiger charge is 2.17. The molecule has 0 aliphatic carbocycles. The number of halogens is 3. The number of nitrogens with two attached hydrogens (primary N) is 1. The molecule has 2 N–H and O–H groups in total. The molecule has 0 spiro atoms. The lowest BCUT2D eigenvalue weighted by atomic mass is 9.99. The minimum absolute atomic E-state index is 0.0138. The Kier molecular flexibility index (Phi) is 6.01. The molecule has 1 aromatic rings. The van der Waals surface area contributed by atoms with Crippen LogP contribution in [-0.2, 0) is 16.0 Å². The van der Waals surface area contributed by atoms with Crippen LogP contribution in [0.1, 0.15) is 19.4 Å². The van der Waals surface area contributed by atoms with Crippen LogP contribution in [0.4, 0.5) is 13.2 Å². The van der Waals surface area contributed by atoms with Crippen molar-refractivity contribution < 1.29 is 22.7 Å². The minimum atomic E-state index is -1.23. The van der Waals surface area contributed by atoms with Crippen molar-refractivity contribution in [3.05, 3.63) is 35.1 Å². The lowest BCUT2D eigenvalue weighted by Gasteiger charge is -2.16. The van der Waals surface area contributed by atoms with E-state index in [4.69, 9.17) is 10.5 Å². The van der Waals surface area contributed by atoms with Gasteiger partial charge in [-0.3, -0.25) is 4.79 Å². The van der Waals surface area contributed by atoms with Crippen LogP contribution in [0.15, 0.2) is 12.1 Å². The van der Waals surface area contributed by atoms with Gasteiger partial charge in [-0.15, -0.1) is 0 Å². The molecule has 6 heteroatoms. The number of benzene rings is 1. The van der Waals surface area contributed by atoms with Gasteiger partial charge >= 0.3 is 5.97 Å². The summed E-state index contributed by atoms with van der Waals surface area (Å²) in [6.45, 7) is 3.54. The van der Waals surface area contributed by atoms with Crippen molar-refractivity contribution in [3.8, 4) is 0 Å². The van der Waals surface area contributed by atoms with Crippen LogP contribution in [0.5, 0.6) is 0 Å². The molecular formula is C14H18F3NO2. The summed E-state index contributed by atoms with van der Waals surface area (Å²) < 4.78 is 44.4. The van der Waals surface area contributed by atoms with E-state index in [0.717, 1.165) is 6.07 Å². The van der Waals surface area contributed by atoms with Crippen LogP contribution in [-0.4, -0.2) is 19.1 Å². The zero-order valence-electron chi connectivity index (χ0n) is 11.5. The highest BCUT2D eigenvalue weighted by atomic mass is 19.2. The predicted octanol–water partition coefficient (Wildman–Crippen LogP) is 2.42. The van der Waals surface area contributed by atoms with Gasteiger partial charge in [0.2, 0.25) is 0 Å². The predicted molar refractivity (Wildman–Crippen MR) is 68.4 cm³/mol. The first-order valence-electron chi connectivity index (χ1n) is 6.35. The average Bonchev–Trinajstić information content (AvgIpc) is 2.39. The van der Waals surface area contributed by atoms with Crippen molar-refractivity contribution in [1.82, 2.24) is 0 Å². The van der Waals surface area contributed by atoms with E-state index in [-0.39, 0.29) is 42.9 Å². The maximum atomic E-state index is 13.5. The second kappa shape index (κ2) is 7.28. The Morgan fingerprint density at radius 1 is 1.20 bits per heavy atom. The number of hydrogen-bond acceptors (Lipinski definition) is 3. The van der Waals surface area contributed by atoms with Crippen LogP contribution >= 0.6 is 0 Å². The summed E-state index contributed by atoms with van der Waals surface area (Å²) in [6, 6.07) is 1.30. The maximum Gasteiger partial charge on any atom is 0.308 e. The minimum Gasteiger partial charge on any atom is -0.465 e. The number of carbonyl (C=O) groups is 1. The van der Waals surface area contributed by atoms with Gasteiger partial charge in [0.25, 0.3) is 0 Å². The molecule has 1 atom stereocenters. The molecule has 0 radical (unpaired) electrons. The number of esters is 1. The van der Waals surface area contributed by atoms with E-state index in [0.29, 0.717) is 6.07 Å². The first-order valence-corrected chi connectivity index (χ1v) is 6.35. The van der Waals surface area contributed by atoms with Gasteiger partial charge in [-0.2, -0.15) is 0 Å². The largest absolute Gasteiger partial charge is 0.465 e. The fraction of sp³-hybridized carbons (Fsp3) is 0.500. The summed E-state index contributed by atoms with van der Waals surface area (Å²) >= 11 is 0. The lowest BCUT2D eigenvalue weighted by Crippen LogP contribution is -2.25. The van der Waals surface area contributed by atoms with E-state index < -0.39 is 17.5 Å². The van der Waals surface area contributed by atoms with E-state index in [1.54, 1.807) is 13.8 Å². The quantitative estimate of drug-likeness (QED) is 0.646. The summed E-state index contributed by atoms with van der Waals surface area (Å²) in [5, 5.41) is 0. The first-order chi connectivity index (χ1) is 9.35. The van der Waals surface area contributed by atoms with Gasteiger partial charge in [0, 0.05) is 12.0 Å². The van der Waals surface area contributed by atoms with E-state index in [9.17, 15) is 18.0 Å². The monoisotopic (exact) mass is 289 g/mol. The first kappa shape index (κ1) is 16.5. The highest BCUT2D eigenvalue weighted by Crippen LogP contribution is 2.17. The molecular weight excluding hydrogens is 271 g/mol. The van der Waals surface area contributed by atoms with E-state index in [1.807, 2.05) is 0 Å². The Morgan fingerprint density at radius 2 is 1.80 bits per heavy atom. The molecule has 1 aromatic carbocycles. The van der Waals surface area contributed by atoms with E-state index >= 15 is 0 Å². The Morgan fingerprint density at radius 3 is 2.35 bits per heavy atom. The van der Waals surface area contributed by atoms with Crippen LogP contribution < -0.4 is 5.73 Å². The molecule has 20 heavy (non-hydrogen) atoms. The van der Waals surface area contributed by atoms with Gasteiger partial charge in [-0.25, -0.2) is 13.2 Å². The van der Waals surface area contributed by atoms with Crippen LogP contribution in [0.25, 0.3) is 0 Å². The van der Waals surface area contributed by atoms with Gasteiger partial charge in [-0.1, -0.05) is 13.8 Å². The molecule has 0 saturated heterocycles. The molecule has 0 unspecified atom stereocenters. The maximum absolute atomic E-state index is 13.5. The molecule has 0 aromatic heterocycles. The Labute approximate surface area is 115 Å². The summed E-state index contributed by atoms with van der Waals surface area (Å²) in [6.07, 6.45) is 0.0743. The van der Waals surface area contributed by atoms with Crippen molar-refractivity contribution in [2.45, 2.75) is 20.3 Å². The smallest absolute Gasteiger partial charge is 0.308 e. The van der Waals surface area contributed by atoms with Gasteiger partial charge in [0.15, 0.2) is 11.6 Å². The molecule has 0 amide bonds. The van der Waals surface area contributed by atoms with Crippen LogP contribution in [0.3, 0.4) is 0 Å². The SMILES string of the molecule is CC(C)C(=O)OC[C@@H](CN)Cc1cc(F)c(F)cc1F. The van der Waals surface area contributed by atoms with Gasteiger partial charge in [0.05, 0.1) is 12.5 Å². The van der Waals surface area contributed by atoms with Crippen molar-refractivity contribution in [1.29, 1.82) is 0 Å². The Bertz CT molecular complexity index is 478. The van der Waals surface area contributed by atoms with Crippen molar-refractivity contribution in [3.63, 3.8) is 0 Å². The van der Waals surface area contributed by atoms with E-state index in [1.165, 1.54) is 0 Å². The van der Waals surface area contributed by atoms with Crippen LogP contribution in [0.2, 0.25) is 0 Å². The van der Waals surface area contributed by atoms with Gasteiger partial charge < -0.3 is 10.5 Å². The second-order valence-electron chi connectivity index (χ2n) is 4.95. The average molecular weight is 289 g/mol. The van der Waals surface area contributed by atoms with Crippen molar-refractivity contribution >= 4 is 5.97 Å². The molecule has 0 fully saturated rings. The van der Waals surface area contributed by atoms with Crippen molar-refractivity contribution in [2.24, 2.45) is 17.6 Å². The standard InChI is InChI=1S/C14H18F3NO2/c1-8(2)14(19)20-7-9(6-18)3-10-4-12(16)13(17)5-11(10)15/h4-5,8-9H,3,6-7,18H2,1-2H3/t9-/m1/s1. The molecule has 0 saturated carbocycles. The number of carbonyl (C=O) groups excluding carboxylic acids is 1. The third-order valence-electron chi connectivity index (χ3n) is 2.86. The zero-order valence-corrected chi connectivity index (χ0v) is 11.5. The Balaban J connectivity index is 2.69. The highest BCUT2D eigenvalue weighted by molar-refractivity contribution is 5.71. The topological polar surface area (TPSA) is 52.3 Å². The molecule has 0 bridgehead atoms. The fourth-order valence-corrected chi connectivity index (χ4v) is 1.61. The molecule has 3 nitrogen and oxygen atoms in total. The summed E-state index contributed by atoms with van der Waals surface area (Å²) in [5.41, 5.74) is 5.53. The number of hydrogen-bond donors (Lipinski definition) is 1. The lowest BCUT2D eigenvalue weighted by molar-refractivity contribution is -0.148. The zero-order chi connectivity index (χ0) is 15.3. The summed E-state index contributed by atoms with van der Waals surface area (Å²) in [4.78, 5) is 11.3. The molecule has 0 heterocycles. The summed E-state index contributed by atoms with van der Waals surface area (Å²) in [7, 11) is 0. The Hall–Kier alpha value is -1.56. The fourth-order valence-electron chi connectivity index (χ4n) is 1.61. The molecule has 0 aliphatic heterocycles. The second-order valence-corrected chi connectivity index (χ2v) is 4.95. The number of rotatable bonds is 6. The molecule has 112 valence electrons. The molecule has 0 aliphatic rings. The number of ether oxygens (including phenoxy) is 1.